The smallest absolute Gasteiger partial charge is 0.181 e. The minimum Gasteiger partial charge on any atom is -0.375 e. The summed E-state index contributed by atoms with van der Waals surface area (Å²) < 4.78 is 1.17. The van der Waals surface area contributed by atoms with Crippen LogP contribution in [-0.2, 0) is 0 Å². The van der Waals surface area contributed by atoms with Gasteiger partial charge >= 0.3 is 0 Å². The molecule has 0 saturated carbocycles. The molecule has 0 spiro atoms. The Morgan fingerprint density at radius 2 is 2.33 bits per heavy atom. The first-order valence-corrected chi connectivity index (χ1v) is 5.54. The van der Waals surface area contributed by atoms with Crippen molar-refractivity contribution < 1.29 is 0 Å². The van der Waals surface area contributed by atoms with Gasteiger partial charge in [-0.3, -0.25) is 0 Å². The third-order valence-corrected chi connectivity index (χ3v) is 3.24. The lowest BCUT2D eigenvalue weighted by Gasteiger charge is -1.94. The standard InChI is InChI=1S/C8H8N2S2/c1-11-5-3-2-4-6-7(5)10-8(9)12-6/h2-4H,1H3,(H2,9,10). The molecule has 1 aromatic carbocycles. The minimum atomic E-state index is 0.645. The molecule has 62 valence electrons. The third kappa shape index (κ3) is 1.17. The zero-order chi connectivity index (χ0) is 8.55. The molecular formula is C8H8N2S2. The maximum Gasteiger partial charge on any atom is 0.181 e. The average Bonchev–Trinajstić information content (AvgIpc) is 2.44. The van der Waals surface area contributed by atoms with Gasteiger partial charge in [-0.25, -0.2) is 4.98 Å². The second-order valence-corrected chi connectivity index (χ2v) is 4.27. The van der Waals surface area contributed by atoms with Crippen molar-refractivity contribution in [2.45, 2.75) is 4.90 Å². The van der Waals surface area contributed by atoms with Crippen molar-refractivity contribution in [3.8, 4) is 0 Å². The lowest BCUT2D eigenvalue weighted by Crippen LogP contribution is -1.80. The maximum atomic E-state index is 5.61. The van der Waals surface area contributed by atoms with Crippen molar-refractivity contribution in [2.75, 3.05) is 12.0 Å². The topological polar surface area (TPSA) is 38.9 Å². The van der Waals surface area contributed by atoms with Crippen LogP contribution in [0.5, 0.6) is 0 Å². The van der Waals surface area contributed by atoms with E-state index < -0.39 is 0 Å². The number of thiazole rings is 1. The lowest BCUT2D eigenvalue weighted by atomic mass is 10.3. The molecule has 1 heterocycles. The van der Waals surface area contributed by atoms with Crippen LogP contribution in [0.3, 0.4) is 0 Å². The fourth-order valence-corrected chi connectivity index (χ4v) is 2.49. The van der Waals surface area contributed by atoms with E-state index in [0.29, 0.717) is 5.13 Å². The predicted octanol–water partition coefficient (Wildman–Crippen LogP) is 2.60. The Bertz CT molecular complexity index is 408. The second kappa shape index (κ2) is 2.95. The molecule has 0 amide bonds. The van der Waals surface area contributed by atoms with E-state index in [1.54, 1.807) is 11.8 Å². The maximum absolute atomic E-state index is 5.61. The Morgan fingerprint density at radius 1 is 1.50 bits per heavy atom. The molecule has 0 unspecified atom stereocenters. The summed E-state index contributed by atoms with van der Waals surface area (Å²) in [5.41, 5.74) is 6.65. The van der Waals surface area contributed by atoms with Crippen molar-refractivity contribution in [2.24, 2.45) is 0 Å². The Kier molecular flexibility index (Phi) is 1.94. The molecule has 2 rings (SSSR count). The first-order valence-electron chi connectivity index (χ1n) is 3.50. The van der Waals surface area contributed by atoms with Crippen molar-refractivity contribution in [3.63, 3.8) is 0 Å². The summed E-state index contributed by atoms with van der Waals surface area (Å²) in [6.07, 6.45) is 2.05. The summed E-state index contributed by atoms with van der Waals surface area (Å²) in [4.78, 5) is 5.45. The molecule has 0 aliphatic heterocycles. The molecule has 0 fully saturated rings. The average molecular weight is 196 g/mol. The van der Waals surface area contributed by atoms with E-state index in [2.05, 4.69) is 11.1 Å². The van der Waals surface area contributed by atoms with Crippen molar-refractivity contribution in [1.82, 2.24) is 4.98 Å². The van der Waals surface area contributed by atoms with Crippen LogP contribution in [0.15, 0.2) is 23.1 Å². The van der Waals surface area contributed by atoms with E-state index in [-0.39, 0.29) is 0 Å². The summed E-state index contributed by atoms with van der Waals surface area (Å²) in [6, 6.07) is 6.14. The lowest BCUT2D eigenvalue weighted by molar-refractivity contribution is 1.42. The molecule has 0 aliphatic rings. The van der Waals surface area contributed by atoms with Crippen LogP contribution in [0.1, 0.15) is 0 Å². The van der Waals surface area contributed by atoms with Crippen LogP contribution in [0.4, 0.5) is 5.13 Å². The number of aromatic nitrogens is 1. The Balaban J connectivity index is 2.78. The van der Waals surface area contributed by atoms with E-state index in [1.165, 1.54) is 20.9 Å². The number of nitrogen functional groups attached to an aromatic ring is 1. The quantitative estimate of drug-likeness (QED) is 0.712. The summed E-state index contributed by atoms with van der Waals surface area (Å²) in [7, 11) is 0. The largest absolute Gasteiger partial charge is 0.375 e. The Labute approximate surface area is 78.8 Å². The number of hydrogen-bond acceptors (Lipinski definition) is 4. The molecule has 0 saturated heterocycles. The highest BCUT2D eigenvalue weighted by atomic mass is 32.2. The van der Waals surface area contributed by atoms with Gasteiger partial charge in [-0.05, 0) is 18.4 Å². The summed E-state index contributed by atoms with van der Waals surface area (Å²) in [5.74, 6) is 0. The fourth-order valence-electron chi connectivity index (χ4n) is 1.11. The Hall–Kier alpha value is -0.740. The number of nitrogens with zero attached hydrogens (tertiary/aromatic N) is 1. The molecule has 4 heteroatoms. The minimum absolute atomic E-state index is 0.645. The highest BCUT2D eigenvalue weighted by molar-refractivity contribution is 7.98. The van der Waals surface area contributed by atoms with Gasteiger partial charge in [0.15, 0.2) is 5.13 Å². The molecule has 2 aromatic rings. The molecule has 0 radical (unpaired) electrons. The van der Waals surface area contributed by atoms with Gasteiger partial charge in [-0.15, -0.1) is 11.8 Å². The van der Waals surface area contributed by atoms with Crippen LogP contribution in [0, 0.1) is 0 Å². The van der Waals surface area contributed by atoms with Crippen LogP contribution < -0.4 is 5.73 Å². The third-order valence-electron chi connectivity index (χ3n) is 1.62. The number of nitrogens with two attached hydrogens (primary N) is 1. The normalized spacial score (nSPS) is 10.8. The fraction of sp³-hybridized carbons (Fsp3) is 0.125. The van der Waals surface area contributed by atoms with Gasteiger partial charge in [0.1, 0.15) is 0 Å². The number of hydrogen-bond donors (Lipinski definition) is 1. The first kappa shape index (κ1) is 7.89. The van der Waals surface area contributed by atoms with E-state index in [4.69, 9.17) is 5.73 Å². The monoisotopic (exact) mass is 196 g/mol. The van der Waals surface area contributed by atoms with Gasteiger partial charge in [-0.1, -0.05) is 17.4 Å². The van der Waals surface area contributed by atoms with Crippen molar-refractivity contribution in [1.29, 1.82) is 0 Å². The zero-order valence-electron chi connectivity index (χ0n) is 6.57. The van der Waals surface area contributed by atoms with Crippen LogP contribution in [0.25, 0.3) is 10.2 Å². The van der Waals surface area contributed by atoms with Gasteiger partial charge in [0.25, 0.3) is 0 Å². The summed E-state index contributed by atoms with van der Waals surface area (Å²) in [5, 5.41) is 0.645. The van der Waals surface area contributed by atoms with E-state index in [1.807, 2.05) is 18.4 Å². The molecule has 0 bridgehead atoms. The van der Waals surface area contributed by atoms with Crippen LogP contribution in [-0.4, -0.2) is 11.2 Å². The van der Waals surface area contributed by atoms with Crippen molar-refractivity contribution >= 4 is 38.4 Å². The highest BCUT2D eigenvalue weighted by Gasteiger charge is 2.03. The number of para-hydroxylation sites is 1. The van der Waals surface area contributed by atoms with E-state index >= 15 is 0 Å². The number of thioether (sulfide) groups is 1. The molecule has 0 atom stereocenters. The number of anilines is 1. The molecule has 0 aliphatic carbocycles. The molecule has 2 nitrogen and oxygen atoms in total. The second-order valence-electron chi connectivity index (χ2n) is 2.36. The van der Waals surface area contributed by atoms with Crippen LogP contribution >= 0.6 is 23.1 Å². The van der Waals surface area contributed by atoms with E-state index in [0.717, 1.165) is 5.52 Å². The number of fused-ring (bicyclic) bond motifs is 1. The van der Waals surface area contributed by atoms with Gasteiger partial charge in [0.2, 0.25) is 0 Å². The summed E-state index contributed by atoms with van der Waals surface area (Å²) >= 11 is 3.24. The zero-order valence-corrected chi connectivity index (χ0v) is 8.21. The Morgan fingerprint density at radius 3 is 3.08 bits per heavy atom. The predicted molar refractivity (Wildman–Crippen MR) is 55.8 cm³/mol. The first-order chi connectivity index (χ1) is 5.81. The van der Waals surface area contributed by atoms with Gasteiger partial charge in [0, 0.05) is 4.90 Å². The van der Waals surface area contributed by atoms with Crippen LogP contribution in [0.2, 0.25) is 0 Å². The van der Waals surface area contributed by atoms with Gasteiger partial charge in [0.05, 0.1) is 10.2 Å². The van der Waals surface area contributed by atoms with Gasteiger partial charge < -0.3 is 5.73 Å². The number of rotatable bonds is 1. The SMILES string of the molecule is CSc1cccc2sc(N)nc12. The number of benzene rings is 1. The molecule has 12 heavy (non-hydrogen) atoms. The van der Waals surface area contributed by atoms with E-state index in [9.17, 15) is 0 Å². The highest BCUT2D eigenvalue weighted by Crippen LogP contribution is 2.30. The molecule has 2 N–H and O–H groups in total. The van der Waals surface area contributed by atoms with Crippen molar-refractivity contribution in [3.05, 3.63) is 18.2 Å². The molecular weight excluding hydrogens is 188 g/mol. The summed E-state index contributed by atoms with van der Waals surface area (Å²) in [6.45, 7) is 0. The van der Waals surface area contributed by atoms with Gasteiger partial charge in [-0.2, -0.15) is 0 Å². The molecule has 1 aromatic heterocycles.